The fraction of sp³-hybridized carbons (Fsp3) is 0.120. The Morgan fingerprint density at radius 3 is 2.43 bits per heavy atom. The third kappa shape index (κ3) is 4.96. The van der Waals surface area contributed by atoms with Gasteiger partial charge >= 0.3 is 0 Å². The highest BCUT2D eigenvalue weighted by Crippen LogP contribution is 2.30. The van der Waals surface area contributed by atoms with Crippen LogP contribution in [-0.4, -0.2) is 26.6 Å². The molecule has 0 spiro atoms. The molecule has 0 bridgehead atoms. The molecule has 0 saturated heterocycles. The number of aldehydes is 1. The van der Waals surface area contributed by atoms with Crippen molar-refractivity contribution in [1.29, 1.82) is 5.26 Å². The lowest BCUT2D eigenvalue weighted by Crippen LogP contribution is -2.05. The number of hydrogen-bond donors (Lipinski definition) is 0. The highest BCUT2D eigenvalue weighted by molar-refractivity contribution is 6.32. The Morgan fingerprint density at radius 2 is 1.73 bits per heavy atom. The molecule has 4 nitrogen and oxygen atoms in total. The summed E-state index contributed by atoms with van der Waals surface area (Å²) in [6.07, 6.45) is 4.35. The molecule has 0 fully saturated rings. The van der Waals surface area contributed by atoms with Crippen LogP contribution in [0.15, 0.2) is 60.7 Å². The van der Waals surface area contributed by atoms with Crippen LogP contribution in [-0.2, 0) is 4.74 Å². The van der Waals surface area contributed by atoms with E-state index in [4.69, 9.17) is 21.1 Å². The highest BCUT2D eigenvalue weighted by Gasteiger charge is 2.10. The van der Waals surface area contributed by atoms with Gasteiger partial charge in [-0.15, -0.1) is 0 Å². The van der Waals surface area contributed by atoms with Crippen molar-refractivity contribution < 1.29 is 14.3 Å². The van der Waals surface area contributed by atoms with Crippen molar-refractivity contribution in [2.45, 2.75) is 0 Å². The Balaban J connectivity index is 1.98. The van der Waals surface area contributed by atoms with Crippen LogP contribution in [0.1, 0.15) is 27.0 Å². The predicted molar refractivity (Wildman–Crippen MR) is 120 cm³/mol. The summed E-state index contributed by atoms with van der Waals surface area (Å²) in [5, 5.41) is 10.1. The van der Waals surface area contributed by atoms with Gasteiger partial charge in [0, 0.05) is 18.2 Å². The second-order valence-corrected chi connectivity index (χ2v) is 6.86. The maximum atomic E-state index is 11.5. The van der Waals surface area contributed by atoms with Crippen LogP contribution in [0.25, 0.3) is 23.3 Å². The Kier molecular flexibility index (Phi) is 7.40. The third-order valence-corrected chi connectivity index (χ3v) is 4.84. The van der Waals surface area contributed by atoms with E-state index in [0.717, 1.165) is 23.0 Å². The minimum atomic E-state index is 0.345. The van der Waals surface area contributed by atoms with E-state index in [9.17, 15) is 10.1 Å². The van der Waals surface area contributed by atoms with E-state index in [1.165, 1.54) is 0 Å². The molecule has 0 unspecified atom stereocenters. The average Bonchev–Trinajstić information content (AvgIpc) is 2.79. The van der Waals surface area contributed by atoms with E-state index in [0.29, 0.717) is 40.7 Å². The van der Waals surface area contributed by atoms with E-state index in [1.54, 1.807) is 25.3 Å². The van der Waals surface area contributed by atoms with Crippen molar-refractivity contribution >= 4 is 30.0 Å². The first kappa shape index (κ1) is 21.3. The summed E-state index contributed by atoms with van der Waals surface area (Å²) in [7, 11) is 1.59. The number of carbonyl (C=O) groups is 1. The van der Waals surface area contributed by atoms with E-state index >= 15 is 0 Å². The fourth-order valence-corrected chi connectivity index (χ4v) is 3.27. The van der Waals surface area contributed by atoms with E-state index in [-0.39, 0.29) is 0 Å². The molecule has 0 aliphatic rings. The molecule has 0 saturated carbocycles. The van der Waals surface area contributed by atoms with Crippen molar-refractivity contribution in [3.63, 3.8) is 0 Å². The number of nitriles is 1. The molecule has 0 amide bonds. The average molecular weight is 418 g/mol. The molecular formula is C25H20ClNO3. The molecule has 150 valence electrons. The van der Waals surface area contributed by atoms with Gasteiger partial charge in [-0.05, 0) is 28.8 Å². The predicted octanol–water partition coefficient (Wildman–Crippen LogP) is 5.89. The van der Waals surface area contributed by atoms with Gasteiger partial charge in [-0.3, -0.25) is 4.79 Å². The molecule has 30 heavy (non-hydrogen) atoms. The topological polar surface area (TPSA) is 59.3 Å². The number of halogens is 1. The lowest BCUT2D eigenvalue weighted by molar-refractivity contribution is 0.112. The molecule has 3 rings (SSSR count). The zero-order valence-electron chi connectivity index (χ0n) is 16.5. The molecular weight excluding hydrogens is 398 g/mol. The van der Waals surface area contributed by atoms with Crippen molar-refractivity contribution in [2.75, 3.05) is 20.3 Å². The number of ether oxygens (including phenoxy) is 2. The first-order chi connectivity index (χ1) is 14.7. The second kappa shape index (κ2) is 10.4. The molecule has 0 aromatic heterocycles. The van der Waals surface area contributed by atoms with Crippen molar-refractivity contribution in [3.8, 4) is 22.9 Å². The summed E-state index contributed by atoms with van der Waals surface area (Å²) in [5.74, 6) is 0.470. The SMILES string of the molecule is COCCOc1cc(/C=C/c2cccc(-c3ccccc3)c2C#N)c(C=O)cc1Cl. The summed E-state index contributed by atoms with van der Waals surface area (Å²) in [4.78, 5) is 11.5. The van der Waals surface area contributed by atoms with Gasteiger partial charge in [0.2, 0.25) is 0 Å². The minimum absolute atomic E-state index is 0.345. The molecule has 0 aliphatic heterocycles. The zero-order chi connectivity index (χ0) is 21.3. The van der Waals surface area contributed by atoms with Crippen molar-refractivity contribution in [2.24, 2.45) is 0 Å². The smallest absolute Gasteiger partial charge is 0.150 e. The molecule has 0 atom stereocenters. The largest absolute Gasteiger partial charge is 0.490 e. The van der Waals surface area contributed by atoms with Crippen LogP contribution in [0.2, 0.25) is 5.02 Å². The molecule has 3 aromatic carbocycles. The number of carbonyl (C=O) groups excluding carboxylic acids is 1. The summed E-state index contributed by atoms with van der Waals surface area (Å²) < 4.78 is 10.6. The molecule has 0 radical (unpaired) electrons. The number of methoxy groups -OCH3 is 1. The Bertz CT molecular complexity index is 1100. The van der Waals surface area contributed by atoms with Crippen LogP contribution in [0.3, 0.4) is 0 Å². The molecule has 5 heteroatoms. The monoisotopic (exact) mass is 417 g/mol. The number of hydrogen-bond acceptors (Lipinski definition) is 4. The molecule has 0 N–H and O–H groups in total. The van der Waals surface area contributed by atoms with Gasteiger partial charge in [-0.25, -0.2) is 0 Å². The Labute approximate surface area is 180 Å². The summed E-state index contributed by atoms with van der Waals surface area (Å²) in [6, 6.07) is 21.0. The summed E-state index contributed by atoms with van der Waals surface area (Å²) in [6.45, 7) is 0.770. The molecule has 0 aliphatic carbocycles. The van der Waals surface area contributed by atoms with Gasteiger partial charge in [0.15, 0.2) is 6.29 Å². The van der Waals surface area contributed by atoms with Gasteiger partial charge in [0.1, 0.15) is 18.4 Å². The Hall–Kier alpha value is -3.39. The normalized spacial score (nSPS) is 10.7. The van der Waals surface area contributed by atoms with Crippen LogP contribution >= 0.6 is 11.6 Å². The van der Waals surface area contributed by atoms with Crippen LogP contribution in [0.4, 0.5) is 0 Å². The van der Waals surface area contributed by atoms with Crippen LogP contribution < -0.4 is 4.74 Å². The number of rotatable bonds is 8. The lowest BCUT2D eigenvalue weighted by Gasteiger charge is -2.10. The van der Waals surface area contributed by atoms with E-state index in [1.807, 2.05) is 54.6 Å². The molecule has 0 heterocycles. The maximum absolute atomic E-state index is 11.5. The van der Waals surface area contributed by atoms with Gasteiger partial charge in [0.05, 0.1) is 17.2 Å². The number of benzene rings is 3. The maximum Gasteiger partial charge on any atom is 0.150 e. The highest BCUT2D eigenvalue weighted by atomic mass is 35.5. The Morgan fingerprint density at radius 1 is 0.967 bits per heavy atom. The lowest BCUT2D eigenvalue weighted by atomic mass is 9.95. The summed E-state index contributed by atoms with van der Waals surface area (Å²) in [5.41, 5.74) is 4.24. The quantitative estimate of drug-likeness (QED) is 0.260. The van der Waals surface area contributed by atoms with Gasteiger partial charge < -0.3 is 9.47 Å². The van der Waals surface area contributed by atoms with Gasteiger partial charge in [-0.1, -0.05) is 72.3 Å². The first-order valence-corrected chi connectivity index (χ1v) is 9.72. The third-order valence-electron chi connectivity index (χ3n) is 4.55. The summed E-state index contributed by atoms with van der Waals surface area (Å²) >= 11 is 6.22. The second-order valence-electron chi connectivity index (χ2n) is 6.45. The number of nitrogens with zero attached hydrogens (tertiary/aromatic N) is 1. The minimum Gasteiger partial charge on any atom is -0.490 e. The molecule has 3 aromatic rings. The van der Waals surface area contributed by atoms with Crippen molar-refractivity contribution in [1.82, 2.24) is 0 Å². The van der Waals surface area contributed by atoms with Crippen LogP contribution in [0, 0.1) is 11.3 Å². The van der Waals surface area contributed by atoms with E-state index < -0.39 is 0 Å². The zero-order valence-corrected chi connectivity index (χ0v) is 17.2. The standard InChI is InChI=1S/C25H20ClNO3/c1-29-12-13-30-25-15-20(21(17-28)14-24(25)26)11-10-19-8-5-9-22(23(19)16-27)18-6-3-2-4-7-18/h2-11,14-15,17H,12-13H2,1H3/b11-10+. The fourth-order valence-electron chi connectivity index (χ4n) is 3.05. The van der Waals surface area contributed by atoms with Gasteiger partial charge in [0.25, 0.3) is 0 Å². The first-order valence-electron chi connectivity index (χ1n) is 9.35. The van der Waals surface area contributed by atoms with Crippen LogP contribution in [0.5, 0.6) is 5.75 Å². The van der Waals surface area contributed by atoms with E-state index in [2.05, 4.69) is 6.07 Å². The van der Waals surface area contributed by atoms with Gasteiger partial charge in [-0.2, -0.15) is 5.26 Å². The van der Waals surface area contributed by atoms with Crippen molar-refractivity contribution in [3.05, 3.63) is 87.9 Å².